The summed E-state index contributed by atoms with van der Waals surface area (Å²) >= 11 is 0.723. The summed E-state index contributed by atoms with van der Waals surface area (Å²) in [7, 11) is -3.76. The van der Waals surface area contributed by atoms with Gasteiger partial charge >= 0.3 is 5.97 Å². The molecule has 0 saturated carbocycles. The van der Waals surface area contributed by atoms with Gasteiger partial charge in [-0.1, -0.05) is 6.92 Å². The van der Waals surface area contributed by atoms with Gasteiger partial charge in [0.25, 0.3) is 0 Å². The molecule has 0 bridgehead atoms. The van der Waals surface area contributed by atoms with Crippen LogP contribution in [0, 0.1) is 12.8 Å². The van der Waals surface area contributed by atoms with Crippen molar-refractivity contribution < 1.29 is 23.4 Å². The van der Waals surface area contributed by atoms with E-state index in [1.165, 1.54) is 6.07 Å². The number of aliphatic hydroxyl groups excluding tert-OH is 1. The van der Waals surface area contributed by atoms with Crippen LogP contribution in [0.1, 0.15) is 29.1 Å². The molecule has 1 aromatic rings. The highest BCUT2D eigenvalue weighted by Gasteiger charge is 2.25. The number of aromatic carboxylic acids is 1. The molecular formula is C11H17NO5S2. The van der Waals surface area contributed by atoms with Gasteiger partial charge in [0.15, 0.2) is 0 Å². The Balaban J connectivity index is 3.01. The van der Waals surface area contributed by atoms with Gasteiger partial charge in [0.05, 0.1) is 0 Å². The van der Waals surface area contributed by atoms with Crippen LogP contribution >= 0.6 is 11.3 Å². The van der Waals surface area contributed by atoms with Crippen LogP contribution in [0.2, 0.25) is 0 Å². The summed E-state index contributed by atoms with van der Waals surface area (Å²) in [6.45, 7) is 4.79. The standard InChI is InChI=1S/C11H17NO5S2/c1-6-4-9(18-10(6)11(14)15)19(16,17)12-8(3)7(2)5-13/h4,7-8,12-13H,5H2,1-3H3,(H,14,15). The van der Waals surface area contributed by atoms with E-state index < -0.39 is 22.0 Å². The Labute approximate surface area is 116 Å². The number of carbonyl (C=O) groups is 1. The first-order chi connectivity index (χ1) is 8.69. The predicted molar refractivity (Wildman–Crippen MR) is 72.0 cm³/mol. The normalized spacial score (nSPS) is 15.2. The molecule has 0 aliphatic heterocycles. The van der Waals surface area contributed by atoms with E-state index in [2.05, 4.69) is 4.72 Å². The van der Waals surface area contributed by atoms with E-state index in [9.17, 15) is 13.2 Å². The molecule has 0 aliphatic rings. The Morgan fingerprint density at radius 1 is 1.47 bits per heavy atom. The first-order valence-electron chi connectivity index (χ1n) is 5.66. The molecule has 108 valence electrons. The molecular weight excluding hydrogens is 290 g/mol. The van der Waals surface area contributed by atoms with Gasteiger partial charge in [0, 0.05) is 12.6 Å². The van der Waals surface area contributed by atoms with Gasteiger partial charge < -0.3 is 10.2 Å². The number of rotatable bonds is 6. The van der Waals surface area contributed by atoms with Gasteiger partial charge in [-0.15, -0.1) is 11.3 Å². The van der Waals surface area contributed by atoms with Crippen LogP contribution < -0.4 is 4.72 Å². The second kappa shape index (κ2) is 6.00. The Morgan fingerprint density at radius 3 is 2.47 bits per heavy atom. The second-order valence-corrected chi connectivity index (χ2v) is 7.45. The van der Waals surface area contributed by atoms with Crippen molar-refractivity contribution in [2.45, 2.75) is 31.0 Å². The lowest BCUT2D eigenvalue weighted by Gasteiger charge is -2.18. The van der Waals surface area contributed by atoms with Crippen molar-refractivity contribution >= 4 is 27.3 Å². The van der Waals surface area contributed by atoms with Crippen LogP contribution in [0.3, 0.4) is 0 Å². The molecule has 2 unspecified atom stereocenters. The van der Waals surface area contributed by atoms with Gasteiger partial charge in [-0.2, -0.15) is 0 Å². The highest BCUT2D eigenvalue weighted by molar-refractivity contribution is 7.91. The fraction of sp³-hybridized carbons (Fsp3) is 0.545. The molecule has 1 aromatic heterocycles. The summed E-state index contributed by atoms with van der Waals surface area (Å²) in [6, 6.07) is 0.901. The molecule has 0 saturated heterocycles. The van der Waals surface area contributed by atoms with Crippen molar-refractivity contribution in [1.82, 2.24) is 4.72 Å². The van der Waals surface area contributed by atoms with E-state index in [4.69, 9.17) is 10.2 Å². The van der Waals surface area contributed by atoms with Crippen molar-refractivity contribution in [2.75, 3.05) is 6.61 Å². The molecule has 0 aliphatic carbocycles. The Bertz CT molecular complexity index is 564. The molecule has 8 heteroatoms. The summed E-state index contributed by atoms with van der Waals surface area (Å²) < 4.78 is 26.6. The molecule has 6 nitrogen and oxygen atoms in total. The SMILES string of the molecule is Cc1cc(S(=O)(=O)NC(C)C(C)CO)sc1C(=O)O. The lowest BCUT2D eigenvalue weighted by molar-refractivity contribution is 0.0701. The third-order valence-corrected chi connectivity index (χ3v) is 6.09. The van der Waals surface area contributed by atoms with Crippen molar-refractivity contribution in [3.63, 3.8) is 0 Å². The first-order valence-corrected chi connectivity index (χ1v) is 7.96. The fourth-order valence-corrected chi connectivity index (χ4v) is 4.12. The number of hydrogen-bond acceptors (Lipinski definition) is 5. The largest absolute Gasteiger partial charge is 0.477 e. The van der Waals surface area contributed by atoms with Crippen LogP contribution in [0.5, 0.6) is 0 Å². The summed E-state index contributed by atoms with van der Waals surface area (Å²) in [5, 5.41) is 17.9. The van der Waals surface area contributed by atoms with E-state index in [-0.39, 0.29) is 21.6 Å². The van der Waals surface area contributed by atoms with Gasteiger partial charge in [0.1, 0.15) is 9.09 Å². The average molecular weight is 307 g/mol. The molecule has 1 rings (SSSR count). The molecule has 1 heterocycles. The van der Waals surface area contributed by atoms with Crippen LogP contribution in [0.15, 0.2) is 10.3 Å². The smallest absolute Gasteiger partial charge is 0.346 e. The van der Waals surface area contributed by atoms with Crippen molar-refractivity contribution in [1.29, 1.82) is 0 Å². The molecule has 3 N–H and O–H groups in total. The number of sulfonamides is 1. The minimum absolute atomic E-state index is 0.0169. The highest BCUT2D eigenvalue weighted by atomic mass is 32.2. The molecule has 0 spiro atoms. The minimum Gasteiger partial charge on any atom is -0.477 e. The predicted octanol–water partition coefficient (Wildman–Crippen LogP) is 1.05. The van der Waals surface area contributed by atoms with Gasteiger partial charge in [-0.05, 0) is 31.4 Å². The second-order valence-electron chi connectivity index (χ2n) is 4.45. The first kappa shape index (κ1) is 16.1. The number of aliphatic hydroxyl groups is 1. The molecule has 0 amide bonds. The molecule has 2 atom stereocenters. The number of nitrogens with one attached hydrogen (secondary N) is 1. The van der Waals surface area contributed by atoms with Crippen LogP contribution in [-0.2, 0) is 10.0 Å². The number of aryl methyl sites for hydroxylation is 1. The zero-order chi connectivity index (χ0) is 14.8. The topological polar surface area (TPSA) is 104 Å². The minimum atomic E-state index is -3.76. The van der Waals surface area contributed by atoms with Crippen molar-refractivity contribution in [2.24, 2.45) is 5.92 Å². The van der Waals surface area contributed by atoms with E-state index in [0.717, 1.165) is 11.3 Å². The summed E-state index contributed by atoms with van der Waals surface area (Å²) in [6.07, 6.45) is 0. The van der Waals surface area contributed by atoms with Crippen LogP contribution in [-0.4, -0.2) is 37.2 Å². The van der Waals surface area contributed by atoms with Crippen LogP contribution in [0.4, 0.5) is 0 Å². The lowest BCUT2D eigenvalue weighted by Crippen LogP contribution is -2.37. The third kappa shape index (κ3) is 3.75. The lowest BCUT2D eigenvalue weighted by atomic mass is 10.1. The Kier molecular flexibility index (Phi) is 5.08. The Hall–Kier alpha value is -0.960. The number of carboxylic acid groups (broad SMARTS) is 1. The summed E-state index contributed by atoms with van der Waals surface area (Å²) in [5.74, 6) is -1.37. The zero-order valence-corrected chi connectivity index (χ0v) is 12.5. The van der Waals surface area contributed by atoms with Gasteiger partial charge in [0.2, 0.25) is 10.0 Å². The fourth-order valence-electron chi connectivity index (χ4n) is 1.37. The summed E-state index contributed by atoms with van der Waals surface area (Å²) in [5.41, 5.74) is 0.417. The summed E-state index contributed by atoms with van der Waals surface area (Å²) in [4.78, 5) is 10.9. The molecule has 0 aromatic carbocycles. The maximum atomic E-state index is 12.1. The number of hydrogen-bond donors (Lipinski definition) is 3. The van der Waals surface area contributed by atoms with E-state index >= 15 is 0 Å². The maximum Gasteiger partial charge on any atom is 0.346 e. The quantitative estimate of drug-likeness (QED) is 0.729. The monoisotopic (exact) mass is 307 g/mol. The molecule has 0 radical (unpaired) electrons. The third-order valence-electron chi connectivity index (χ3n) is 2.84. The van der Waals surface area contributed by atoms with Crippen LogP contribution in [0.25, 0.3) is 0 Å². The molecule has 0 fully saturated rings. The Morgan fingerprint density at radius 2 is 2.05 bits per heavy atom. The van der Waals surface area contributed by atoms with Crippen molar-refractivity contribution in [3.05, 3.63) is 16.5 Å². The number of carboxylic acids is 1. The van der Waals surface area contributed by atoms with E-state index in [1.807, 2.05) is 0 Å². The van der Waals surface area contributed by atoms with E-state index in [0.29, 0.717) is 5.56 Å². The van der Waals surface area contributed by atoms with Crippen molar-refractivity contribution in [3.8, 4) is 0 Å². The average Bonchev–Trinajstić information content (AvgIpc) is 2.70. The maximum absolute atomic E-state index is 12.1. The zero-order valence-electron chi connectivity index (χ0n) is 10.9. The van der Waals surface area contributed by atoms with E-state index in [1.54, 1.807) is 20.8 Å². The van der Waals surface area contributed by atoms with Gasteiger partial charge in [-0.3, -0.25) is 0 Å². The molecule has 19 heavy (non-hydrogen) atoms. The highest BCUT2D eigenvalue weighted by Crippen LogP contribution is 2.26. The number of thiophene rings is 1. The van der Waals surface area contributed by atoms with Gasteiger partial charge in [-0.25, -0.2) is 17.9 Å².